The van der Waals surface area contributed by atoms with Gasteiger partial charge in [0.05, 0.1) is 16.9 Å². The molecular weight excluding hydrogens is 466 g/mol. The van der Waals surface area contributed by atoms with Gasteiger partial charge in [0.25, 0.3) is 5.91 Å². The van der Waals surface area contributed by atoms with E-state index in [1.165, 1.54) is 29.6 Å². The second-order valence-electron chi connectivity index (χ2n) is 7.77. The van der Waals surface area contributed by atoms with Gasteiger partial charge < -0.3 is 10.1 Å². The molecule has 0 saturated carbocycles. The first kappa shape index (κ1) is 25.2. The maximum absolute atomic E-state index is 13.0. The first-order chi connectivity index (χ1) is 15.6. The van der Waals surface area contributed by atoms with Crippen LogP contribution in [0, 0.1) is 6.92 Å². The Labute approximate surface area is 195 Å². The molecule has 1 fully saturated rings. The van der Waals surface area contributed by atoms with Crippen molar-refractivity contribution in [1.82, 2.24) is 14.3 Å². The molecule has 0 bridgehead atoms. The number of sulfonamides is 2. The summed E-state index contributed by atoms with van der Waals surface area (Å²) in [5.41, 5.74) is 0.776. The predicted octanol–water partition coefficient (Wildman–Crippen LogP) is 1.89. The van der Waals surface area contributed by atoms with Gasteiger partial charge >= 0.3 is 0 Å². The first-order valence-corrected chi connectivity index (χ1v) is 13.6. The largest absolute Gasteiger partial charge is 0.497 e. The first-order valence-electron chi connectivity index (χ1n) is 10.7. The van der Waals surface area contributed by atoms with E-state index in [-0.39, 0.29) is 28.4 Å². The van der Waals surface area contributed by atoms with E-state index in [1.54, 1.807) is 31.2 Å². The second kappa shape index (κ2) is 10.6. The summed E-state index contributed by atoms with van der Waals surface area (Å²) in [6.07, 6.45) is 2.66. The van der Waals surface area contributed by atoms with Crippen LogP contribution in [0.2, 0.25) is 0 Å². The number of ether oxygens (including phenoxy) is 1. The van der Waals surface area contributed by atoms with Gasteiger partial charge in [0.2, 0.25) is 20.0 Å². The molecule has 3 rings (SSSR count). The smallest absolute Gasteiger partial charge is 0.251 e. The Balaban J connectivity index is 1.61. The topological polar surface area (TPSA) is 122 Å². The van der Waals surface area contributed by atoms with Gasteiger partial charge in [0, 0.05) is 31.7 Å². The Hall–Kier alpha value is -2.47. The third-order valence-electron chi connectivity index (χ3n) is 5.46. The number of benzene rings is 2. The van der Waals surface area contributed by atoms with Gasteiger partial charge in [-0.3, -0.25) is 4.79 Å². The van der Waals surface area contributed by atoms with Gasteiger partial charge in [0.1, 0.15) is 5.75 Å². The molecule has 0 spiro atoms. The normalized spacial score (nSPS) is 15.2. The average Bonchev–Trinajstić information content (AvgIpc) is 2.82. The number of aryl methyl sites for hydroxylation is 1. The Bertz CT molecular complexity index is 1190. The lowest BCUT2D eigenvalue weighted by Gasteiger charge is -2.26. The molecule has 2 N–H and O–H groups in total. The zero-order valence-electron chi connectivity index (χ0n) is 18.7. The molecule has 33 heavy (non-hydrogen) atoms. The standard InChI is InChI=1S/C22H29N3O6S2/c1-17-6-7-18(16-21(17)33(29,30)25-14-4-3-5-15-25)22(26)23-12-13-24-32(27,28)20-10-8-19(31-2)9-11-20/h6-11,16,24H,3-5,12-15H2,1-2H3,(H,23,26). The van der Waals surface area contributed by atoms with Gasteiger partial charge in [-0.2, -0.15) is 4.31 Å². The molecule has 9 nitrogen and oxygen atoms in total. The molecule has 0 unspecified atom stereocenters. The van der Waals surface area contributed by atoms with Crippen molar-refractivity contribution >= 4 is 26.0 Å². The maximum atomic E-state index is 13.0. The molecule has 1 heterocycles. The minimum Gasteiger partial charge on any atom is -0.497 e. The van der Waals surface area contributed by atoms with Gasteiger partial charge in [-0.25, -0.2) is 21.6 Å². The fraction of sp³-hybridized carbons (Fsp3) is 0.409. The molecule has 0 atom stereocenters. The Morgan fingerprint density at radius 1 is 0.970 bits per heavy atom. The third-order valence-corrected chi connectivity index (χ3v) is 8.97. The van der Waals surface area contributed by atoms with Crippen molar-refractivity contribution in [2.24, 2.45) is 0 Å². The summed E-state index contributed by atoms with van der Waals surface area (Å²) in [6.45, 7) is 2.67. The van der Waals surface area contributed by atoms with Gasteiger partial charge in [0.15, 0.2) is 0 Å². The van der Waals surface area contributed by atoms with E-state index in [9.17, 15) is 21.6 Å². The number of hydrogen-bond acceptors (Lipinski definition) is 6. The molecular formula is C22H29N3O6S2. The summed E-state index contributed by atoms with van der Waals surface area (Å²) in [5, 5.41) is 2.62. The highest BCUT2D eigenvalue weighted by Crippen LogP contribution is 2.24. The SMILES string of the molecule is COc1ccc(S(=O)(=O)NCCNC(=O)c2ccc(C)c(S(=O)(=O)N3CCCCC3)c2)cc1. The fourth-order valence-electron chi connectivity index (χ4n) is 3.57. The minimum atomic E-state index is -3.73. The van der Waals surface area contributed by atoms with E-state index < -0.39 is 26.0 Å². The van der Waals surface area contributed by atoms with Crippen molar-refractivity contribution in [1.29, 1.82) is 0 Å². The van der Waals surface area contributed by atoms with Gasteiger partial charge in [-0.15, -0.1) is 0 Å². The van der Waals surface area contributed by atoms with E-state index in [0.717, 1.165) is 19.3 Å². The highest BCUT2D eigenvalue weighted by Gasteiger charge is 2.28. The predicted molar refractivity (Wildman–Crippen MR) is 124 cm³/mol. The van der Waals surface area contributed by atoms with Crippen molar-refractivity contribution in [3.63, 3.8) is 0 Å². The van der Waals surface area contributed by atoms with Crippen molar-refractivity contribution < 1.29 is 26.4 Å². The molecule has 1 aliphatic heterocycles. The number of rotatable bonds is 9. The number of carbonyl (C=O) groups excluding carboxylic acids is 1. The number of methoxy groups -OCH3 is 1. The second-order valence-corrected chi connectivity index (χ2v) is 11.4. The Morgan fingerprint density at radius 3 is 2.27 bits per heavy atom. The van der Waals surface area contributed by atoms with Crippen LogP contribution in [0.1, 0.15) is 35.2 Å². The molecule has 1 saturated heterocycles. The average molecular weight is 496 g/mol. The molecule has 0 aliphatic carbocycles. The molecule has 0 aromatic heterocycles. The van der Waals surface area contributed by atoms with Crippen LogP contribution < -0.4 is 14.8 Å². The van der Waals surface area contributed by atoms with Crippen molar-refractivity contribution in [2.45, 2.75) is 36.0 Å². The van der Waals surface area contributed by atoms with Crippen molar-refractivity contribution in [2.75, 3.05) is 33.3 Å². The summed E-state index contributed by atoms with van der Waals surface area (Å²) >= 11 is 0. The van der Waals surface area contributed by atoms with Gasteiger partial charge in [-0.1, -0.05) is 12.5 Å². The zero-order valence-corrected chi connectivity index (χ0v) is 20.3. The number of carbonyl (C=O) groups is 1. The zero-order chi connectivity index (χ0) is 24.1. The lowest BCUT2D eigenvalue weighted by Crippen LogP contribution is -2.36. The van der Waals surface area contributed by atoms with Crippen LogP contribution in [-0.4, -0.2) is 60.3 Å². The lowest BCUT2D eigenvalue weighted by molar-refractivity contribution is 0.0954. The number of piperidine rings is 1. The summed E-state index contributed by atoms with van der Waals surface area (Å²) in [4.78, 5) is 12.8. The molecule has 2 aromatic rings. The maximum Gasteiger partial charge on any atom is 0.251 e. The van der Waals surface area contributed by atoms with Gasteiger partial charge in [-0.05, 0) is 61.7 Å². The van der Waals surface area contributed by atoms with E-state index in [2.05, 4.69) is 10.0 Å². The molecule has 0 radical (unpaired) electrons. The third kappa shape index (κ3) is 6.11. The van der Waals surface area contributed by atoms with Crippen molar-refractivity contribution in [3.05, 3.63) is 53.6 Å². The molecule has 1 aliphatic rings. The number of nitrogens with zero attached hydrogens (tertiary/aromatic N) is 1. The monoisotopic (exact) mass is 495 g/mol. The number of hydrogen-bond donors (Lipinski definition) is 2. The van der Waals surface area contributed by atoms with E-state index in [0.29, 0.717) is 24.4 Å². The van der Waals surface area contributed by atoms with Crippen LogP contribution >= 0.6 is 0 Å². The highest BCUT2D eigenvalue weighted by atomic mass is 32.2. The van der Waals surface area contributed by atoms with Crippen LogP contribution in [0.3, 0.4) is 0 Å². The molecule has 11 heteroatoms. The summed E-state index contributed by atoms with van der Waals surface area (Å²) in [5.74, 6) is 0.0646. The fourth-order valence-corrected chi connectivity index (χ4v) is 6.37. The van der Waals surface area contributed by atoms with Crippen LogP contribution in [0.4, 0.5) is 0 Å². The highest BCUT2D eigenvalue weighted by molar-refractivity contribution is 7.89. The van der Waals surface area contributed by atoms with E-state index in [4.69, 9.17) is 4.74 Å². The van der Waals surface area contributed by atoms with Crippen LogP contribution in [0.25, 0.3) is 0 Å². The number of nitrogens with one attached hydrogen (secondary N) is 2. The summed E-state index contributed by atoms with van der Waals surface area (Å²) in [7, 11) is -5.92. The van der Waals surface area contributed by atoms with Crippen LogP contribution in [0.5, 0.6) is 5.75 Å². The Kier molecular flexibility index (Phi) is 8.11. The summed E-state index contributed by atoms with van der Waals surface area (Å²) < 4.78 is 59.7. The quantitative estimate of drug-likeness (QED) is 0.513. The molecule has 1 amide bonds. The number of amides is 1. The minimum absolute atomic E-state index is 0.0229. The lowest BCUT2D eigenvalue weighted by atomic mass is 10.1. The van der Waals surface area contributed by atoms with E-state index in [1.807, 2.05) is 0 Å². The molecule has 2 aromatic carbocycles. The van der Waals surface area contributed by atoms with Crippen LogP contribution in [-0.2, 0) is 20.0 Å². The van der Waals surface area contributed by atoms with E-state index >= 15 is 0 Å². The molecule has 180 valence electrons. The van der Waals surface area contributed by atoms with Crippen LogP contribution in [0.15, 0.2) is 52.3 Å². The van der Waals surface area contributed by atoms with Crippen molar-refractivity contribution in [3.8, 4) is 5.75 Å². The Morgan fingerprint density at radius 2 is 1.64 bits per heavy atom. The summed E-state index contributed by atoms with van der Waals surface area (Å²) in [6, 6.07) is 10.5.